The second kappa shape index (κ2) is 7.20. The molecule has 0 bridgehead atoms. The van der Waals surface area contributed by atoms with Gasteiger partial charge in [-0.1, -0.05) is 11.6 Å². The zero-order chi connectivity index (χ0) is 17.7. The number of carbonyl (C=O) groups excluding carboxylic acids is 1. The summed E-state index contributed by atoms with van der Waals surface area (Å²) in [6.45, 7) is 5.32. The summed E-state index contributed by atoms with van der Waals surface area (Å²) in [6, 6.07) is 9.93. The van der Waals surface area contributed by atoms with Crippen molar-refractivity contribution in [3.63, 3.8) is 0 Å². The Bertz CT molecular complexity index is 794. The fourth-order valence-electron chi connectivity index (χ4n) is 1.74. The highest BCUT2D eigenvalue weighted by Gasteiger charge is 2.17. The molecular weight excluding hydrogens is 330 g/mol. The molecule has 0 saturated heterocycles. The first-order chi connectivity index (χ1) is 11.3. The molecule has 1 amide bonds. The average molecular weight is 346 g/mol. The van der Waals surface area contributed by atoms with Crippen molar-refractivity contribution in [2.45, 2.75) is 26.4 Å². The Balaban J connectivity index is 2.13. The molecule has 0 aliphatic carbocycles. The van der Waals surface area contributed by atoms with Crippen LogP contribution < -0.4 is 10.1 Å². The van der Waals surface area contributed by atoms with Gasteiger partial charge in [0.1, 0.15) is 23.0 Å². The first-order valence-corrected chi connectivity index (χ1v) is 7.49. The average Bonchev–Trinajstić information content (AvgIpc) is 2.48. The lowest BCUT2D eigenvalue weighted by Crippen LogP contribution is -2.27. The standard InChI is InChI=1S/C17H16ClN3O3/c1-17(2,3)24-16(22)21-12-6-7-14(13(18)9-12)23-15-11(10-19)5-4-8-20-15/h4-9H,1-3H3,(H,21,22). The number of anilines is 1. The van der Waals surface area contributed by atoms with Crippen molar-refractivity contribution in [3.05, 3.63) is 47.1 Å². The van der Waals surface area contributed by atoms with Crippen LogP contribution in [0, 0.1) is 11.3 Å². The second-order valence-corrected chi connectivity index (χ2v) is 6.25. The number of rotatable bonds is 3. The molecule has 24 heavy (non-hydrogen) atoms. The van der Waals surface area contributed by atoms with Crippen LogP contribution in [0.3, 0.4) is 0 Å². The van der Waals surface area contributed by atoms with Gasteiger partial charge in [-0.3, -0.25) is 5.32 Å². The number of pyridine rings is 1. The maximum absolute atomic E-state index is 11.7. The Morgan fingerprint density at radius 3 is 2.71 bits per heavy atom. The molecule has 2 rings (SSSR count). The van der Waals surface area contributed by atoms with Crippen molar-refractivity contribution in [2.75, 3.05) is 5.32 Å². The quantitative estimate of drug-likeness (QED) is 0.868. The van der Waals surface area contributed by atoms with Crippen LogP contribution in [0.1, 0.15) is 26.3 Å². The van der Waals surface area contributed by atoms with Gasteiger partial charge >= 0.3 is 6.09 Å². The summed E-state index contributed by atoms with van der Waals surface area (Å²) < 4.78 is 10.7. The van der Waals surface area contributed by atoms with Crippen LogP contribution in [0.15, 0.2) is 36.5 Å². The SMILES string of the molecule is CC(C)(C)OC(=O)Nc1ccc(Oc2ncccc2C#N)c(Cl)c1. The van der Waals surface area contributed by atoms with Crippen LogP contribution in [0.2, 0.25) is 5.02 Å². The number of hydrogen-bond acceptors (Lipinski definition) is 5. The van der Waals surface area contributed by atoms with E-state index in [1.807, 2.05) is 6.07 Å². The maximum Gasteiger partial charge on any atom is 0.412 e. The minimum atomic E-state index is -0.594. The highest BCUT2D eigenvalue weighted by Crippen LogP contribution is 2.32. The minimum absolute atomic E-state index is 0.162. The van der Waals surface area contributed by atoms with Crippen LogP contribution in [0.5, 0.6) is 11.6 Å². The van der Waals surface area contributed by atoms with E-state index in [9.17, 15) is 4.79 Å². The zero-order valence-corrected chi connectivity index (χ0v) is 14.2. The topological polar surface area (TPSA) is 84.2 Å². The molecule has 1 N–H and O–H groups in total. The number of nitrogens with one attached hydrogen (secondary N) is 1. The number of nitriles is 1. The highest BCUT2D eigenvalue weighted by molar-refractivity contribution is 6.32. The van der Waals surface area contributed by atoms with Crippen LogP contribution in [-0.2, 0) is 4.74 Å². The molecule has 0 spiro atoms. The number of benzene rings is 1. The van der Waals surface area contributed by atoms with Crippen molar-refractivity contribution in [1.29, 1.82) is 5.26 Å². The summed E-state index contributed by atoms with van der Waals surface area (Å²) in [5.41, 5.74) is 0.163. The number of amides is 1. The maximum atomic E-state index is 11.7. The molecule has 0 radical (unpaired) electrons. The van der Waals surface area contributed by atoms with Crippen molar-refractivity contribution in [2.24, 2.45) is 0 Å². The van der Waals surface area contributed by atoms with E-state index in [2.05, 4.69) is 10.3 Å². The Labute approximate surface area is 145 Å². The monoisotopic (exact) mass is 345 g/mol. The van der Waals surface area contributed by atoms with E-state index >= 15 is 0 Å². The molecule has 7 heteroatoms. The molecule has 1 aromatic heterocycles. The number of aromatic nitrogens is 1. The fraction of sp³-hybridized carbons (Fsp3) is 0.235. The van der Waals surface area contributed by atoms with Crippen molar-refractivity contribution >= 4 is 23.4 Å². The van der Waals surface area contributed by atoms with Gasteiger partial charge in [0, 0.05) is 11.9 Å². The van der Waals surface area contributed by atoms with Crippen LogP contribution >= 0.6 is 11.6 Å². The summed E-state index contributed by atoms with van der Waals surface area (Å²) in [5.74, 6) is 0.483. The van der Waals surface area contributed by atoms with E-state index in [0.29, 0.717) is 17.0 Å². The molecule has 124 valence electrons. The second-order valence-electron chi connectivity index (χ2n) is 5.84. The first-order valence-electron chi connectivity index (χ1n) is 7.11. The summed E-state index contributed by atoms with van der Waals surface area (Å²) >= 11 is 6.16. The molecular formula is C17H16ClN3O3. The van der Waals surface area contributed by atoms with Gasteiger partial charge in [-0.25, -0.2) is 9.78 Å². The van der Waals surface area contributed by atoms with Crippen LogP contribution in [-0.4, -0.2) is 16.7 Å². The highest BCUT2D eigenvalue weighted by atomic mass is 35.5. The van der Waals surface area contributed by atoms with Crippen LogP contribution in [0.25, 0.3) is 0 Å². The third-order valence-corrected chi connectivity index (χ3v) is 2.97. The van der Waals surface area contributed by atoms with Gasteiger partial charge in [0.25, 0.3) is 0 Å². The van der Waals surface area contributed by atoms with E-state index in [0.717, 1.165) is 0 Å². The Morgan fingerprint density at radius 2 is 2.08 bits per heavy atom. The fourth-order valence-corrected chi connectivity index (χ4v) is 1.96. The molecule has 0 unspecified atom stereocenters. The Morgan fingerprint density at radius 1 is 1.33 bits per heavy atom. The predicted molar refractivity (Wildman–Crippen MR) is 90.3 cm³/mol. The lowest BCUT2D eigenvalue weighted by Gasteiger charge is -2.19. The van der Waals surface area contributed by atoms with Gasteiger partial charge < -0.3 is 9.47 Å². The molecule has 2 aromatic rings. The molecule has 0 atom stereocenters. The Kier molecular flexibility index (Phi) is 5.27. The van der Waals surface area contributed by atoms with Gasteiger partial charge in [-0.15, -0.1) is 0 Å². The lowest BCUT2D eigenvalue weighted by molar-refractivity contribution is 0.0636. The summed E-state index contributed by atoms with van der Waals surface area (Å²) in [7, 11) is 0. The molecule has 0 aliphatic heterocycles. The van der Waals surface area contributed by atoms with Gasteiger partial charge in [0.15, 0.2) is 0 Å². The van der Waals surface area contributed by atoms with E-state index < -0.39 is 11.7 Å². The molecule has 1 aromatic carbocycles. The van der Waals surface area contributed by atoms with E-state index in [1.165, 1.54) is 12.3 Å². The van der Waals surface area contributed by atoms with Crippen LogP contribution in [0.4, 0.5) is 10.5 Å². The number of carbonyl (C=O) groups is 1. The number of ether oxygens (including phenoxy) is 2. The summed E-state index contributed by atoms with van der Waals surface area (Å²) in [5, 5.41) is 11.9. The van der Waals surface area contributed by atoms with Gasteiger partial charge in [-0.05, 0) is 51.1 Å². The zero-order valence-electron chi connectivity index (χ0n) is 13.5. The van der Waals surface area contributed by atoms with Gasteiger partial charge in [-0.2, -0.15) is 5.26 Å². The summed E-state index contributed by atoms with van der Waals surface area (Å²) in [4.78, 5) is 15.7. The number of halogens is 1. The van der Waals surface area contributed by atoms with E-state index in [-0.39, 0.29) is 10.9 Å². The molecule has 0 saturated carbocycles. The normalized spacial score (nSPS) is 10.6. The molecule has 0 fully saturated rings. The third kappa shape index (κ3) is 4.86. The lowest BCUT2D eigenvalue weighted by atomic mass is 10.2. The molecule has 1 heterocycles. The van der Waals surface area contributed by atoms with Crippen molar-refractivity contribution < 1.29 is 14.3 Å². The molecule has 0 aliphatic rings. The van der Waals surface area contributed by atoms with Gasteiger partial charge in [0.05, 0.1) is 5.02 Å². The summed E-state index contributed by atoms with van der Waals surface area (Å²) in [6.07, 6.45) is 0.936. The third-order valence-electron chi connectivity index (χ3n) is 2.68. The van der Waals surface area contributed by atoms with E-state index in [1.54, 1.807) is 45.0 Å². The minimum Gasteiger partial charge on any atom is -0.444 e. The van der Waals surface area contributed by atoms with Crippen molar-refractivity contribution in [3.8, 4) is 17.7 Å². The predicted octanol–water partition coefficient (Wildman–Crippen LogP) is 4.75. The molecule has 6 nitrogen and oxygen atoms in total. The number of hydrogen-bond donors (Lipinski definition) is 1. The van der Waals surface area contributed by atoms with E-state index in [4.69, 9.17) is 26.3 Å². The largest absolute Gasteiger partial charge is 0.444 e. The smallest absolute Gasteiger partial charge is 0.412 e. The Hall–Kier alpha value is -2.78. The van der Waals surface area contributed by atoms with Crippen molar-refractivity contribution in [1.82, 2.24) is 4.98 Å². The van der Waals surface area contributed by atoms with Gasteiger partial charge in [0.2, 0.25) is 5.88 Å². The number of nitrogens with zero attached hydrogens (tertiary/aromatic N) is 2. The first kappa shape index (κ1) is 17.6.